The zero-order valence-electron chi connectivity index (χ0n) is 25.6. The highest BCUT2D eigenvalue weighted by Gasteiger charge is 2.35. The van der Waals surface area contributed by atoms with Crippen molar-refractivity contribution in [3.63, 3.8) is 0 Å². The van der Waals surface area contributed by atoms with Gasteiger partial charge in [-0.25, -0.2) is 9.37 Å². The standard InChI is InChI=1S/C29H30ClF4N9O5/c1-3-20-23(40-7-9-41(10-8-40)25(47)22-24(46)17(30)4-5-35-22)26(48)43-28(38-27(39-43)36-6-11-44)42(20)14-21(45)37-19-13-18(31)16(12-15(19)2)29(32,33)34/h4-5,12-13,44,46H,3,6-11,14H2,1-2H3,(H,36,39)(H,37,45). The number of aliphatic hydroxyl groups excluding tert-OH is 1. The van der Waals surface area contributed by atoms with Crippen molar-refractivity contribution in [1.29, 1.82) is 0 Å². The number of fused-ring (bicyclic) bond motifs is 1. The van der Waals surface area contributed by atoms with Crippen LogP contribution in [0.3, 0.4) is 0 Å². The van der Waals surface area contributed by atoms with Crippen molar-refractivity contribution in [3.8, 4) is 5.75 Å². The first-order valence-corrected chi connectivity index (χ1v) is 15.0. The number of rotatable bonds is 9. The van der Waals surface area contributed by atoms with Crippen LogP contribution in [0.15, 0.2) is 29.2 Å². The number of nitrogens with one attached hydrogen (secondary N) is 2. The van der Waals surface area contributed by atoms with Gasteiger partial charge in [-0.2, -0.15) is 22.7 Å². The molecule has 256 valence electrons. The monoisotopic (exact) mass is 695 g/mol. The van der Waals surface area contributed by atoms with Crippen molar-refractivity contribution < 1.29 is 37.4 Å². The fourth-order valence-corrected chi connectivity index (χ4v) is 5.55. The topological polar surface area (TPSA) is 170 Å². The fourth-order valence-electron chi connectivity index (χ4n) is 5.41. The summed E-state index contributed by atoms with van der Waals surface area (Å²) >= 11 is 5.94. The molecule has 5 rings (SSSR count). The zero-order valence-corrected chi connectivity index (χ0v) is 26.4. The second kappa shape index (κ2) is 13.6. The van der Waals surface area contributed by atoms with Gasteiger partial charge in [-0.15, -0.1) is 5.10 Å². The van der Waals surface area contributed by atoms with Crippen molar-refractivity contribution in [1.82, 2.24) is 29.0 Å². The van der Waals surface area contributed by atoms with Gasteiger partial charge in [-0.1, -0.05) is 18.5 Å². The molecule has 0 aliphatic carbocycles. The molecule has 0 spiro atoms. The van der Waals surface area contributed by atoms with E-state index < -0.39 is 47.2 Å². The molecule has 4 N–H and O–H groups in total. The minimum absolute atomic E-state index is 0.0144. The lowest BCUT2D eigenvalue weighted by atomic mass is 10.1. The molecule has 0 unspecified atom stereocenters. The molecule has 4 aromatic rings. The first-order chi connectivity index (χ1) is 22.7. The average Bonchev–Trinajstić information content (AvgIpc) is 3.48. The van der Waals surface area contributed by atoms with Gasteiger partial charge in [-0.05, 0) is 37.1 Å². The molecule has 1 aromatic carbocycles. The Bertz CT molecular complexity index is 1940. The third-order valence-corrected chi connectivity index (χ3v) is 8.02. The highest BCUT2D eigenvalue weighted by molar-refractivity contribution is 6.32. The number of pyridine rings is 1. The molecule has 1 aliphatic heterocycles. The van der Waals surface area contributed by atoms with Gasteiger partial charge in [0.2, 0.25) is 17.6 Å². The Balaban J connectivity index is 1.48. The van der Waals surface area contributed by atoms with Gasteiger partial charge in [0.15, 0.2) is 11.4 Å². The quantitative estimate of drug-likeness (QED) is 0.191. The maximum atomic E-state index is 14.3. The Morgan fingerprint density at radius 3 is 2.50 bits per heavy atom. The van der Waals surface area contributed by atoms with Crippen LogP contribution < -0.4 is 21.1 Å². The number of nitrogens with zero attached hydrogens (tertiary/aromatic N) is 7. The lowest BCUT2D eigenvalue weighted by Crippen LogP contribution is -2.51. The predicted octanol–water partition coefficient (Wildman–Crippen LogP) is 2.68. The van der Waals surface area contributed by atoms with Gasteiger partial charge in [-0.3, -0.25) is 14.4 Å². The average molecular weight is 696 g/mol. The maximum absolute atomic E-state index is 14.3. The predicted molar refractivity (Wildman–Crippen MR) is 166 cm³/mol. The molecular weight excluding hydrogens is 666 g/mol. The number of carbonyl (C=O) groups excluding carboxylic acids is 2. The van der Waals surface area contributed by atoms with E-state index in [1.54, 1.807) is 11.8 Å². The number of aryl methyl sites for hydroxylation is 1. The van der Waals surface area contributed by atoms with Gasteiger partial charge in [0.1, 0.15) is 18.0 Å². The van der Waals surface area contributed by atoms with E-state index in [1.807, 2.05) is 0 Å². The smallest absolute Gasteiger partial charge is 0.419 e. The van der Waals surface area contributed by atoms with Gasteiger partial charge in [0.05, 0.1) is 22.9 Å². The molecule has 48 heavy (non-hydrogen) atoms. The summed E-state index contributed by atoms with van der Waals surface area (Å²) in [6.07, 6.45) is -3.41. The van der Waals surface area contributed by atoms with Crippen LogP contribution in [0.2, 0.25) is 5.02 Å². The summed E-state index contributed by atoms with van der Waals surface area (Å²) in [5.74, 6) is -3.36. The molecule has 4 heterocycles. The second-order valence-electron chi connectivity index (χ2n) is 10.8. The first-order valence-electron chi connectivity index (χ1n) is 14.7. The number of halogens is 5. The number of piperazine rings is 1. The summed E-state index contributed by atoms with van der Waals surface area (Å²) < 4.78 is 56.3. The molecule has 1 saturated heterocycles. The highest BCUT2D eigenvalue weighted by Crippen LogP contribution is 2.34. The van der Waals surface area contributed by atoms with Gasteiger partial charge in [0.25, 0.3) is 11.5 Å². The van der Waals surface area contributed by atoms with Crippen LogP contribution in [0.25, 0.3) is 5.78 Å². The number of aliphatic hydroxyl groups is 1. The molecule has 0 radical (unpaired) electrons. The van der Waals surface area contributed by atoms with Gasteiger partial charge >= 0.3 is 6.18 Å². The van der Waals surface area contributed by atoms with Crippen molar-refractivity contribution in [2.75, 3.05) is 54.9 Å². The van der Waals surface area contributed by atoms with E-state index in [0.29, 0.717) is 17.8 Å². The number of alkyl halides is 3. The van der Waals surface area contributed by atoms with Crippen molar-refractivity contribution >= 4 is 46.5 Å². The summed E-state index contributed by atoms with van der Waals surface area (Å²) in [6, 6.07) is 2.54. The molecule has 1 fully saturated rings. The van der Waals surface area contributed by atoms with Crippen LogP contribution in [-0.4, -0.2) is 90.4 Å². The van der Waals surface area contributed by atoms with Crippen molar-refractivity contribution in [3.05, 3.63) is 68.1 Å². The highest BCUT2D eigenvalue weighted by atomic mass is 35.5. The molecule has 0 bridgehead atoms. The number of hydrogen-bond donors (Lipinski definition) is 4. The summed E-state index contributed by atoms with van der Waals surface area (Å²) in [5, 5.41) is 28.9. The van der Waals surface area contributed by atoms with Crippen LogP contribution in [0.5, 0.6) is 5.75 Å². The van der Waals surface area contributed by atoms with E-state index in [0.717, 1.165) is 4.52 Å². The van der Waals surface area contributed by atoms with Gasteiger partial charge in [0, 0.05) is 44.6 Å². The van der Waals surface area contributed by atoms with Crippen molar-refractivity contribution in [2.45, 2.75) is 33.0 Å². The Morgan fingerprint density at radius 1 is 1.15 bits per heavy atom. The Kier molecular flexibility index (Phi) is 9.76. The zero-order chi connectivity index (χ0) is 34.9. The largest absolute Gasteiger partial charge is 0.504 e. The van der Waals surface area contributed by atoms with Crippen LogP contribution >= 0.6 is 11.6 Å². The lowest BCUT2D eigenvalue weighted by molar-refractivity contribution is -0.140. The Morgan fingerprint density at radius 2 is 1.85 bits per heavy atom. The van der Waals surface area contributed by atoms with Crippen LogP contribution in [-0.2, 0) is 23.9 Å². The van der Waals surface area contributed by atoms with Crippen LogP contribution in [0.1, 0.15) is 34.2 Å². The minimum Gasteiger partial charge on any atom is -0.504 e. The van der Waals surface area contributed by atoms with E-state index in [1.165, 1.54) is 28.7 Å². The molecule has 1 aliphatic rings. The maximum Gasteiger partial charge on any atom is 0.419 e. The number of aromatic nitrogens is 5. The molecule has 2 amide bonds. The molecule has 0 atom stereocenters. The van der Waals surface area contributed by atoms with Gasteiger partial charge < -0.3 is 35.2 Å². The van der Waals surface area contributed by atoms with E-state index in [9.17, 15) is 42.2 Å². The number of amides is 2. The summed E-state index contributed by atoms with van der Waals surface area (Å²) in [7, 11) is 0. The number of aromatic hydroxyl groups is 1. The normalized spacial score (nSPS) is 13.7. The molecular formula is C29H30ClF4N9O5. The Labute approximate surface area is 274 Å². The molecule has 19 heteroatoms. The van der Waals surface area contributed by atoms with E-state index in [4.69, 9.17) is 11.6 Å². The molecule has 3 aromatic heterocycles. The number of hydrogen-bond acceptors (Lipinski definition) is 10. The summed E-state index contributed by atoms with van der Waals surface area (Å²) in [5.41, 5.74) is -1.91. The van der Waals surface area contributed by atoms with Crippen LogP contribution in [0, 0.1) is 12.7 Å². The third-order valence-electron chi connectivity index (χ3n) is 7.71. The number of anilines is 3. The minimum atomic E-state index is -4.92. The lowest BCUT2D eigenvalue weighted by Gasteiger charge is -2.36. The third kappa shape index (κ3) is 6.70. The van der Waals surface area contributed by atoms with E-state index in [-0.39, 0.29) is 85.1 Å². The van der Waals surface area contributed by atoms with E-state index in [2.05, 4.69) is 25.7 Å². The summed E-state index contributed by atoms with van der Waals surface area (Å²) in [4.78, 5) is 51.8. The Hall–Kier alpha value is -4.97. The van der Waals surface area contributed by atoms with Crippen molar-refractivity contribution in [2.24, 2.45) is 0 Å². The van der Waals surface area contributed by atoms with E-state index >= 15 is 0 Å². The molecule has 14 nitrogen and oxygen atoms in total. The number of carbonyl (C=O) groups is 2. The number of benzene rings is 1. The summed E-state index contributed by atoms with van der Waals surface area (Å²) in [6.45, 7) is 2.95. The first kappa shape index (κ1) is 34.4. The SMILES string of the molecule is CCc1c(N2CCN(C(=O)c3nccc(Cl)c3O)CC2)c(=O)n2nc(NCCO)nc2n1CC(=O)Nc1cc(F)c(C(F)(F)F)cc1C. The second-order valence-corrected chi connectivity index (χ2v) is 11.2. The van der Waals surface area contributed by atoms with Crippen LogP contribution in [0.4, 0.5) is 34.9 Å². The fraction of sp³-hybridized carbons (Fsp3) is 0.379. The molecule has 0 saturated carbocycles.